The lowest BCUT2D eigenvalue weighted by Gasteiger charge is -2.34. The van der Waals surface area contributed by atoms with Crippen LogP contribution in [0, 0.1) is 5.92 Å². The molecule has 20 heavy (non-hydrogen) atoms. The first kappa shape index (κ1) is 15.1. The normalized spacial score (nSPS) is 18.1. The van der Waals surface area contributed by atoms with Crippen LogP contribution in [-0.4, -0.2) is 28.6 Å². The van der Waals surface area contributed by atoms with E-state index in [0.717, 1.165) is 12.3 Å². The van der Waals surface area contributed by atoms with Crippen LogP contribution in [0.1, 0.15) is 68.8 Å². The summed E-state index contributed by atoms with van der Waals surface area (Å²) >= 11 is 0. The van der Waals surface area contributed by atoms with Crippen LogP contribution >= 0.6 is 0 Å². The molecular weight excluding hydrogens is 254 g/mol. The van der Waals surface area contributed by atoms with Gasteiger partial charge in [-0.2, -0.15) is 0 Å². The maximum atomic E-state index is 10.9. The third kappa shape index (κ3) is 3.42. The minimum atomic E-state index is -1.00. The minimum absolute atomic E-state index is 0.0303. The van der Waals surface area contributed by atoms with Crippen molar-refractivity contribution in [1.29, 1.82) is 0 Å². The Morgan fingerprint density at radius 1 is 1.35 bits per heavy atom. The third-order valence-electron chi connectivity index (χ3n) is 4.12. The van der Waals surface area contributed by atoms with Crippen molar-refractivity contribution in [2.75, 3.05) is 6.54 Å². The molecule has 0 aliphatic heterocycles. The first-order valence-electron chi connectivity index (χ1n) is 7.57. The molecule has 1 aromatic heterocycles. The van der Waals surface area contributed by atoms with E-state index < -0.39 is 5.97 Å². The summed E-state index contributed by atoms with van der Waals surface area (Å²) < 4.78 is 5.49. The molecule has 0 aromatic carbocycles. The summed E-state index contributed by atoms with van der Waals surface area (Å²) in [6, 6.07) is 4.09. The first-order valence-corrected chi connectivity index (χ1v) is 7.57. The van der Waals surface area contributed by atoms with Crippen LogP contribution in [0.15, 0.2) is 16.5 Å². The topological polar surface area (TPSA) is 53.7 Å². The quantitative estimate of drug-likeness (QED) is 0.857. The Morgan fingerprint density at radius 2 is 2.00 bits per heavy atom. The predicted octanol–water partition coefficient (Wildman–Crippen LogP) is 3.94. The van der Waals surface area contributed by atoms with Crippen molar-refractivity contribution >= 4 is 5.97 Å². The van der Waals surface area contributed by atoms with Crippen LogP contribution in [0.25, 0.3) is 0 Å². The van der Waals surface area contributed by atoms with Gasteiger partial charge in [-0.25, -0.2) is 4.79 Å². The van der Waals surface area contributed by atoms with Crippen molar-refractivity contribution < 1.29 is 14.3 Å². The molecule has 1 atom stereocenters. The molecule has 0 bridgehead atoms. The van der Waals surface area contributed by atoms with E-state index in [1.54, 1.807) is 12.1 Å². The number of furan rings is 1. The second kappa shape index (κ2) is 6.44. The Balaban J connectivity index is 2.15. The molecule has 0 spiro atoms. The summed E-state index contributed by atoms with van der Waals surface area (Å²) in [4.78, 5) is 13.4. The average Bonchev–Trinajstić information content (AvgIpc) is 3.05. The number of hydrogen-bond acceptors (Lipinski definition) is 3. The lowest BCUT2D eigenvalue weighted by atomic mass is 10.1. The van der Waals surface area contributed by atoms with Gasteiger partial charge in [0, 0.05) is 12.6 Å². The highest BCUT2D eigenvalue weighted by Gasteiger charge is 2.29. The van der Waals surface area contributed by atoms with Gasteiger partial charge in [-0.15, -0.1) is 0 Å². The smallest absolute Gasteiger partial charge is 0.371 e. The Morgan fingerprint density at radius 3 is 2.50 bits per heavy atom. The highest BCUT2D eigenvalue weighted by molar-refractivity contribution is 5.84. The fourth-order valence-corrected chi connectivity index (χ4v) is 3.14. The largest absolute Gasteiger partial charge is 0.475 e. The SMILES string of the molecule is CC(C)CN(C1CCCC1)C(C)c1ccc(C(=O)O)o1. The van der Waals surface area contributed by atoms with E-state index in [-0.39, 0.29) is 11.8 Å². The summed E-state index contributed by atoms with van der Waals surface area (Å²) in [5.41, 5.74) is 0. The molecule has 1 saturated carbocycles. The number of carboxylic acid groups (broad SMARTS) is 1. The number of aromatic carboxylic acids is 1. The van der Waals surface area contributed by atoms with Crippen molar-refractivity contribution in [1.82, 2.24) is 4.90 Å². The van der Waals surface area contributed by atoms with Crippen molar-refractivity contribution in [3.8, 4) is 0 Å². The van der Waals surface area contributed by atoms with Gasteiger partial charge in [-0.05, 0) is 37.8 Å². The number of carboxylic acids is 1. The van der Waals surface area contributed by atoms with Crippen LogP contribution in [0.5, 0.6) is 0 Å². The zero-order valence-electron chi connectivity index (χ0n) is 12.6. The molecule has 2 rings (SSSR count). The zero-order chi connectivity index (χ0) is 14.7. The second-order valence-corrected chi connectivity index (χ2v) is 6.21. The van der Waals surface area contributed by atoms with Gasteiger partial charge in [0.15, 0.2) is 0 Å². The zero-order valence-corrected chi connectivity index (χ0v) is 12.6. The standard InChI is InChI=1S/C16H25NO3/c1-11(2)10-17(13-6-4-5-7-13)12(3)14-8-9-15(20-14)16(18)19/h8-9,11-13H,4-7,10H2,1-3H3,(H,18,19). The molecule has 4 heteroatoms. The predicted molar refractivity (Wildman–Crippen MR) is 77.9 cm³/mol. The molecule has 4 nitrogen and oxygen atoms in total. The molecular formula is C16H25NO3. The summed E-state index contributed by atoms with van der Waals surface area (Å²) in [6.45, 7) is 7.58. The van der Waals surface area contributed by atoms with Crippen LogP contribution < -0.4 is 0 Å². The van der Waals surface area contributed by atoms with E-state index in [4.69, 9.17) is 9.52 Å². The average molecular weight is 279 g/mol. The fraction of sp³-hybridized carbons (Fsp3) is 0.688. The summed E-state index contributed by atoms with van der Waals surface area (Å²) in [5.74, 6) is 0.379. The molecule has 112 valence electrons. The van der Waals surface area contributed by atoms with Gasteiger partial charge in [-0.1, -0.05) is 26.7 Å². The van der Waals surface area contributed by atoms with Gasteiger partial charge in [0.1, 0.15) is 5.76 Å². The molecule has 1 aliphatic carbocycles. The van der Waals surface area contributed by atoms with Crippen LogP contribution in [-0.2, 0) is 0 Å². The van der Waals surface area contributed by atoms with Crippen molar-refractivity contribution in [2.45, 2.75) is 58.5 Å². The van der Waals surface area contributed by atoms with Crippen molar-refractivity contribution in [2.24, 2.45) is 5.92 Å². The second-order valence-electron chi connectivity index (χ2n) is 6.21. The van der Waals surface area contributed by atoms with Crippen LogP contribution in [0.3, 0.4) is 0 Å². The molecule has 0 amide bonds. The maximum absolute atomic E-state index is 10.9. The molecule has 1 heterocycles. The van der Waals surface area contributed by atoms with Gasteiger partial charge in [0.2, 0.25) is 5.76 Å². The van der Waals surface area contributed by atoms with Crippen molar-refractivity contribution in [3.05, 3.63) is 23.7 Å². The number of rotatable bonds is 6. The molecule has 1 N–H and O–H groups in total. The number of carbonyl (C=O) groups is 1. The van der Waals surface area contributed by atoms with Crippen LogP contribution in [0.4, 0.5) is 0 Å². The van der Waals surface area contributed by atoms with Gasteiger partial charge in [0.05, 0.1) is 6.04 Å². The van der Waals surface area contributed by atoms with E-state index in [2.05, 4.69) is 25.7 Å². The van der Waals surface area contributed by atoms with Crippen LogP contribution in [0.2, 0.25) is 0 Å². The molecule has 1 aliphatic rings. The third-order valence-corrected chi connectivity index (χ3v) is 4.12. The molecule has 1 aromatic rings. The van der Waals surface area contributed by atoms with Gasteiger partial charge in [-0.3, -0.25) is 4.90 Å². The Hall–Kier alpha value is -1.29. The summed E-state index contributed by atoms with van der Waals surface area (Å²) in [5, 5.41) is 8.97. The monoisotopic (exact) mass is 279 g/mol. The highest BCUT2D eigenvalue weighted by Crippen LogP contribution is 2.32. The molecule has 0 radical (unpaired) electrons. The lowest BCUT2D eigenvalue weighted by molar-refractivity contribution is 0.0649. The number of hydrogen-bond donors (Lipinski definition) is 1. The molecule has 0 saturated heterocycles. The first-order chi connectivity index (χ1) is 9.49. The van der Waals surface area contributed by atoms with E-state index in [1.807, 2.05) is 0 Å². The van der Waals surface area contributed by atoms with E-state index >= 15 is 0 Å². The van der Waals surface area contributed by atoms with E-state index in [0.29, 0.717) is 12.0 Å². The van der Waals surface area contributed by atoms with Gasteiger partial charge < -0.3 is 9.52 Å². The van der Waals surface area contributed by atoms with E-state index in [1.165, 1.54) is 25.7 Å². The molecule has 1 unspecified atom stereocenters. The Kier molecular flexibility index (Phi) is 4.86. The summed E-state index contributed by atoms with van der Waals surface area (Å²) in [6.07, 6.45) is 5.07. The van der Waals surface area contributed by atoms with Gasteiger partial charge in [0.25, 0.3) is 0 Å². The maximum Gasteiger partial charge on any atom is 0.371 e. The number of nitrogens with zero attached hydrogens (tertiary/aromatic N) is 1. The Labute approximate surface area is 120 Å². The fourth-order valence-electron chi connectivity index (χ4n) is 3.14. The summed E-state index contributed by atoms with van der Waals surface area (Å²) in [7, 11) is 0. The Bertz CT molecular complexity index is 446. The molecule has 1 fully saturated rings. The van der Waals surface area contributed by atoms with Crippen molar-refractivity contribution in [3.63, 3.8) is 0 Å². The lowest BCUT2D eigenvalue weighted by Crippen LogP contribution is -2.38. The van der Waals surface area contributed by atoms with Gasteiger partial charge >= 0.3 is 5.97 Å². The minimum Gasteiger partial charge on any atom is -0.475 e. The van der Waals surface area contributed by atoms with E-state index in [9.17, 15) is 4.79 Å². The highest BCUT2D eigenvalue weighted by atomic mass is 16.4.